The van der Waals surface area contributed by atoms with Crippen molar-refractivity contribution in [2.75, 3.05) is 45.8 Å². The maximum Gasteiger partial charge on any atom is 0.254 e. The number of piperidine rings is 2. The molecule has 3 saturated heterocycles. The van der Waals surface area contributed by atoms with Crippen LogP contribution in [0.5, 0.6) is 5.75 Å². The maximum absolute atomic E-state index is 13.8. The highest BCUT2D eigenvalue weighted by atomic mass is 16.5. The Bertz CT molecular complexity index is 1320. The Hall–Kier alpha value is -2.89. The summed E-state index contributed by atoms with van der Waals surface area (Å²) in [6.07, 6.45) is 8.89. The molecule has 3 aromatic rings. The van der Waals surface area contributed by atoms with Crippen LogP contribution in [0.3, 0.4) is 0 Å². The normalized spacial score (nSPS) is 23.0. The van der Waals surface area contributed by atoms with Crippen LogP contribution in [0.2, 0.25) is 0 Å². The molecule has 5 nitrogen and oxygen atoms in total. The number of hydrogen-bond acceptors (Lipinski definition) is 4. The summed E-state index contributed by atoms with van der Waals surface area (Å²) >= 11 is 0. The fourth-order valence-electron chi connectivity index (χ4n) is 7.61. The predicted octanol–water partition coefficient (Wildman–Crippen LogP) is 6.75. The highest BCUT2D eigenvalue weighted by molar-refractivity contribution is 5.95. The van der Waals surface area contributed by atoms with E-state index in [0.29, 0.717) is 0 Å². The summed E-state index contributed by atoms with van der Waals surface area (Å²) in [6.45, 7) is 11.7. The molecule has 0 N–H and O–H groups in total. The largest absolute Gasteiger partial charge is 0.491 e. The molecule has 3 aliphatic heterocycles. The summed E-state index contributed by atoms with van der Waals surface area (Å²) < 4.78 is 5.90. The molecule has 1 unspecified atom stereocenters. The minimum absolute atomic E-state index is 0.0493. The summed E-state index contributed by atoms with van der Waals surface area (Å²) in [7, 11) is 0. The zero-order chi connectivity index (χ0) is 28.2. The van der Waals surface area contributed by atoms with Crippen molar-refractivity contribution in [2.24, 2.45) is 0 Å². The van der Waals surface area contributed by atoms with Crippen molar-refractivity contribution in [3.05, 3.63) is 77.9 Å². The minimum Gasteiger partial charge on any atom is -0.491 e. The van der Waals surface area contributed by atoms with Crippen molar-refractivity contribution in [3.63, 3.8) is 0 Å². The summed E-state index contributed by atoms with van der Waals surface area (Å²) in [4.78, 5) is 21.4. The number of carbonyl (C=O) groups is 1. The topological polar surface area (TPSA) is 36.0 Å². The Labute approximate surface area is 246 Å². The van der Waals surface area contributed by atoms with E-state index in [9.17, 15) is 4.79 Å². The van der Waals surface area contributed by atoms with Crippen LogP contribution in [-0.4, -0.2) is 78.6 Å². The molecular formula is C36H47N3O2. The van der Waals surface area contributed by atoms with Gasteiger partial charge in [0.25, 0.3) is 5.91 Å². The van der Waals surface area contributed by atoms with Crippen molar-refractivity contribution in [2.45, 2.75) is 76.4 Å². The fourth-order valence-corrected chi connectivity index (χ4v) is 7.61. The van der Waals surface area contributed by atoms with Crippen molar-refractivity contribution in [1.82, 2.24) is 14.7 Å². The monoisotopic (exact) mass is 553 g/mol. The van der Waals surface area contributed by atoms with Gasteiger partial charge in [0.1, 0.15) is 5.75 Å². The molecule has 218 valence electrons. The van der Waals surface area contributed by atoms with Crippen LogP contribution in [0.25, 0.3) is 10.8 Å². The maximum atomic E-state index is 13.8. The number of carbonyl (C=O) groups excluding carboxylic acids is 1. The van der Waals surface area contributed by atoms with E-state index in [0.717, 1.165) is 49.8 Å². The van der Waals surface area contributed by atoms with Crippen molar-refractivity contribution in [3.8, 4) is 5.75 Å². The molecule has 3 aromatic carbocycles. The summed E-state index contributed by atoms with van der Waals surface area (Å²) in [5.74, 6) is 0.877. The Morgan fingerprint density at radius 3 is 2.46 bits per heavy atom. The number of likely N-dealkylation sites (tertiary alicyclic amines) is 3. The highest BCUT2D eigenvalue weighted by Gasteiger charge is 2.42. The number of benzene rings is 3. The van der Waals surface area contributed by atoms with E-state index in [1.165, 1.54) is 74.6 Å². The number of hydrogen-bond donors (Lipinski definition) is 0. The van der Waals surface area contributed by atoms with E-state index in [1.54, 1.807) is 0 Å². The first-order valence-corrected chi connectivity index (χ1v) is 16.0. The SMILES string of the molecule is CC(C)Oc1cccc(C(=O)N2CCC(CCN3CCC(N4CCCCC4)CC3)(c3cccc4ccccc34)C2)c1. The standard InChI is InChI=1S/C36H47N3O2/c1-28(2)41-32-13-8-12-30(26-32)35(40)39-25-19-36(27-39,34-15-9-11-29-10-4-5-14-33(29)34)18-24-37-22-16-31(17-23-37)38-20-6-3-7-21-38/h4-5,8-15,26,28,31H,3,6-7,16-25,27H2,1-2H3. The zero-order valence-corrected chi connectivity index (χ0v) is 25.1. The van der Waals surface area contributed by atoms with Crippen molar-refractivity contribution in [1.29, 1.82) is 0 Å². The molecule has 6 rings (SSSR count). The lowest BCUT2D eigenvalue weighted by atomic mass is 9.74. The van der Waals surface area contributed by atoms with Gasteiger partial charge in [-0.15, -0.1) is 0 Å². The van der Waals surface area contributed by atoms with Gasteiger partial charge in [-0.25, -0.2) is 0 Å². The highest BCUT2D eigenvalue weighted by Crippen LogP contribution is 2.42. The van der Waals surface area contributed by atoms with Gasteiger partial charge in [-0.2, -0.15) is 0 Å². The van der Waals surface area contributed by atoms with E-state index in [-0.39, 0.29) is 17.4 Å². The third kappa shape index (κ3) is 6.32. The molecular weight excluding hydrogens is 506 g/mol. The minimum atomic E-state index is -0.0493. The summed E-state index contributed by atoms with van der Waals surface area (Å²) in [5, 5.41) is 2.62. The lowest BCUT2D eigenvalue weighted by Crippen LogP contribution is -2.47. The second-order valence-electron chi connectivity index (χ2n) is 12.9. The first-order valence-electron chi connectivity index (χ1n) is 16.0. The molecule has 3 heterocycles. The van der Waals surface area contributed by atoms with Crippen LogP contribution in [-0.2, 0) is 5.41 Å². The first-order chi connectivity index (χ1) is 20.0. The molecule has 0 radical (unpaired) electrons. The molecule has 3 fully saturated rings. The molecule has 5 heteroatoms. The summed E-state index contributed by atoms with van der Waals surface area (Å²) in [5.41, 5.74) is 2.08. The van der Waals surface area contributed by atoms with Gasteiger partial charge in [0.05, 0.1) is 6.10 Å². The van der Waals surface area contributed by atoms with Gasteiger partial charge < -0.3 is 19.4 Å². The van der Waals surface area contributed by atoms with Crippen LogP contribution < -0.4 is 4.74 Å². The first kappa shape index (κ1) is 28.2. The average molecular weight is 554 g/mol. The lowest BCUT2D eigenvalue weighted by Gasteiger charge is -2.41. The fraction of sp³-hybridized carbons (Fsp3) is 0.528. The van der Waals surface area contributed by atoms with Gasteiger partial charge in [-0.05, 0) is 120 Å². The second-order valence-corrected chi connectivity index (χ2v) is 12.9. The van der Waals surface area contributed by atoms with Crippen LogP contribution in [0, 0.1) is 0 Å². The van der Waals surface area contributed by atoms with E-state index in [4.69, 9.17) is 4.74 Å². The quantitative estimate of drug-likeness (QED) is 0.309. The molecule has 1 amide bonds. The predicted molar refractivity (Wildman–Crippen MR) is 168 cm³/mol. The van der Waals surface area contributed by atoms with E-state index in [1.807, 2.05) is 38.1 Å². The van der Waals surface area contributed by atoms with Crippen LogP contribution in [0.1, 0.15) is 74.7 Å². The molecule has 0 saturated carbocycles. The number of fused-ring (bicyclic) bond motifs is 1. The van der Waals surface area contributed by atoms with Crippen molar-refractivity contribution < 1.29 is 9.53 Å². The van der Waals surface area contributed by atoms with Crippen LogP contribution in [0.4, 0.5) is 0 Å². The lowest BCUT2D eigenvalue weighted by molar-refractivity contribution is 0.0771. The third-order valence-electron chi connectivity index (χ3n) is 9.83. The Morgan fingerprint density at radius 1 is 0.902 bits per heavy atom. The van der Waals surface area contributed by atoms with Crippen LogP contribution in [0.15, 0.2) is 66.7 Å². The molecule has 0 spiro atoms. The van der Waals surface area contributed by atoms with Gasteiger partial charge in [0.2, 0.25) is 0 Å². The number of amides is 1. The summed E-state index contributed by atoms with van der Waals surface area (Å²) in [6, 6.07) is 24.0. The second kappa shape index (κ2) is 12.5. The number of ether oxygens (including phenoxy) is 1. The smallest absolute Gasteiger partial charge is 0.254 e. The number of rotatable bonds is 8. The van der Waals surface area contributed by atoms with Gasteiger partial charge in [0, 0.05) is 30.1 Å². The molecule has 0 aromatic heterocycles. The Kier molecular flexibility index (Phi) is 8.64. The van der Waals surface area contributed by atoms with Gasteiger partial charge >= 0.3 is 0 Å². The van der Waals surface area contributed by atoms with E-state index >= 15 is 0 Å². The van der Waals surface area contributed by atoms with Gasteiger partial charge in [0.15, 0.2) is 0 Å². The third-order valence-corrected chi connectivity index (χ3v) is 9.83. The van der Waals surface area contributed by atoms with Gasteiger partial charge in [-0.3, -0.25) is 4.79 Å². The van der Waals surface area contributed by atoms with Gasteiger partial charge in [-0.1, -0.05) is 55.0 Å². The Morgan fingerprint density at radius 2 is 1.66 bits per heavy atom. The van der Waals surface area contributed by atoms with E-state index < -0.39 is 0 Å². The zero-order valence-electron chi connectivity index (χ0n) is 25.1. The number of nitrogens with zero attached hydrogens (tertiary/aromatic N) is 3. The van der Waals surface area contributed by atoms with Crippen molar-refractivity contribution >= 4 is 16.7 Å². The molecule has 0 aliphatic carbocycles. The molecule has 0 bridgehead atoms. The van der Waals surface area contributed by atoms with Crippen LogP contribution >= 0.6 is 0 Å². The average Bonchev–Trinajstić information content (AvgIpc) is 3.45. The molecule has 41 heavy (non-hydrogen) atoms. The molecule has 3 aliphatic rings. The van der Waals surface area contributed by atoms with E-state index in [2.05, 4.69) is 57.2 Å². The Balaban J connectivity index is 1.20. The molecule has 1 atom stereocenters.